The van der Waals surface area contributed by atoms with Crippen molar-refractivity contribution in [3.05, 3.63) is 71.1 Å². The first kappa shape index (κ1) is 21.3. The number of carbonyl (C=O) groups excluding carboxylic acids is 1. The SMILES string of the molecule is CC=C1C(=O)N(C)c2cnc(NCc3cnn(Cc4cc(F)c(F)c(F)c4)c3)nc2N1C. The lowest BCUT2D eigenvalue weighted by molar-refractivity contribution is -0.115. The van der Waals surface area contributed by atoms with Gasteiger partial charge >= 0.3 is 0 Å². The first-order valence-electron chi connectivity index (χ1n) is 9.72. The molecule has 1 N–H and O–H groups in total. The van der Waals surface area contributed by atoms with Gasteiger partial charge in [-0.1, -0.05) is 6.08 Å². The molecule has 1 aliphatic rings. The van der Waals surface area contributed by atoms with E-state index in [9.17, 15) is 18.0 Å². The van der Waals surface area contributed by atoms with Gasteiger partial charge in [0.1, 0.15) is 11.4 Å². The molecular weight excluding hydrogens is 423 g/mol. The van der Waals surface area contributed by atoms with Gasteiger partial charge in [0.25, 0.3) is 5.91 Å². The Morgan fingerprint density at radius 1 is 1.06 bits per heavy atom. The van der Waals surface area contributed by atoms with Gasteiger partial charge in [-0.15, -0.1) is 0 Å². The standard InChI is InChI=1S/C21H20F3N7O/c1-4-16-20(32)30(3)17-9-26-21(28-19(17)29(16)2)25-7-13-8-27-31(11-13)10-12-5-14(22)18(24)15(23)6-12/h4-6,8-9,11H,7,10H2,1-3H3,(H,25,26,28). The average Bonchev–Trinajstić information content (AvgIpc) is 3.22. The second kappa shape index (κ2) is 8.33. The number of amides is 1. The molecule has 1 aliphatic heterocycles. The third-order valence-corrected chi connectivity index (χ3v) is 5.11. The number of aromatic nitrogens is 4. The maximum Gasteiger partial charge on any atom is 0.274 e. The monoisotopic (exact) mass is 443 g/mol. The first-order valence-corrected chi connectivity index (χ1v) is 9.72. The van der Waals surface area contributed by atoms with Crippen LogP contribution in [0.5, 0.6) is 0 Å². The zero-order chi connectivity index (χ0) is 23.0. The highest BCUT2D eigenvalue weighted by Crippen LogP contribution is 2.34. The van der Waals surface area contributed by atoms with Gasteiger partial charge in [0.05, 0.1) is 18.9 Å². The number of fused-ring (bicyclic) bond motifs is 1. The largest absolute Gasteiger partial charge is 0.350 e. The van der Waals surface area contributed by atoms with Crippen molar-refractivity contribution in [3.63, 3.8) is 0 Å². The molecule has 1 aromatic carbocycles. The van der Waals surface area contributed by atoms with Gasteiger partial charge < -0.3 is 15.1 Å². The molecule has 1 amide bonds. The van der Waals surface area contributed by atoms with Crippen LogP contribution in [0.15, 0.2) is 42.5 Å². The number of nitrogens with zero attached hydrogens (tertiary/aromatic N) is 6. The van der Waals surface area contributed by atoms with E-state index in [1.165, 1.54) is 9.58 Å². The third kappa shape index (κ3) is 3.88. The van der Waals surface area contributed by atoms with Crippen molar-refractivity contribution in [3.8, 4) is 0 Å². The van der Waals surface area contributed by atoms with Crippen molar-refractivity contribution in [2.45, 2.75) is 20.0 Å². The summed E-state index contributed by atoms with van der Waals surface area (Å²) in [6, 6.07) is 1.88. The highest BCUT2D eigenvalue weighted by Gasteiger charge is 2.31. The first-order chi connectivity index (χ1) is 15.3. The Morgan fingerprint density at radius 2 is 1.78 bits per heavy atom. The van der Waals surface area contributed by atoms with Crippen LogP contribution >= 0.6 is 0 Å². The van der Waals surface area contributed by atoms with Crippen LogP contribution in [0.25, 0.3) is 0 Å². The predicted molar refractivity (Wildman–Crippen MR) is 113 cm³/mol. The van der Waals surface area contributed by atoms with Crippen molar-refractivity contribution in [2.75, 3.05) is 29.2 Å². The van der Waals surface area contributed by atoms with Gasteiger partial charge in [0.15, 0.2) is 23.3 Å². The van der Waals surface area contributed by atoms with Gasteiger partial charge in [-0.2, -0.15) is 10.1 Å². The van der Waals surface area contributed by atoms with E-state index in [0.29, 0.717) is 29.7 Å². The fourth-order valence-electron chi connectivity index (χ4n) is 3.44. The van der Waals surface area contributed by atoms with Gasteiger partial charge in [-0.05, 0) is 24.6 Å². The second-order valence-electron chi connectivity index (χ2n) is 7.27. The van der Waals surface area contributed by atoms with E-state index in [2.05, 4.69) is 20.4 Å². The van der Waals surface area contributed by atoms with E-state index < -0.39 is 17.5 Å². The molecule has 4 rings (SSSR count). The molecule has 166 valence electrons. The summed E-state index contributed by atoms with van der Waals surface area (Å²) in [6.07, 6.45) is 6.59. The Labute approximate surface area is 182 Å². The van der Waals surface area contributed by atoms with Crippen LogP contribution in [0, 0.1) is 17.5 Å². The van der Waals surface area contributed by atoms with E-state index in [4.69, 9.17) is 0 Å². The van der Waals surface area contributed by atoms with Gasteiger partial charge in [0.2, 0.25) is 5.95 Å². The highest BCUT2D eigenvalue weighted by atomic mass is 19.2. The topological polar surface area (TPSA) is 79.2 Å². The molecular formula is C21H20F3N7O. The molecule has 32 heavy (non-hydrogen) atoms. The maximum atomic E-state index is 13.4. The Balaban J connectivity index is 1.46. The molecule has 0 saturated carbocycles. The molecule has 0 unspecified atom stereocenters. The number of likely N-dealkylation sites (N-methyl/N-ethyl adjacent to an activating group) is 2. The lowest BCUT2D eigenvalue weighted by Gasteiger charge is -2.33. The van der Waals surface area contributed by atoms with Crippen molar-refractivity contribution >= 4 is 23.4 Å². The molecule has 0 spiro atoms. The zero-order valence-corrected chi connectivity index (χ0v) is 17.6. The van der Waals surface area contributed by atoms with Crippen molar-refractivity contribution in [1.82, 2.24) is 19.7 Å². The number of benzene rings is 1. The summed E-state index contributed by atoms with van der Waals surface area (Å²) in [5, 5.41) is 7.26. The second-order valence-corrected chi connectivity index (χ2v) is 7.27. The molecule has 2 aromatic heterocycles. The van der Waals surface area contributed by atoms with E-state index in [0.717, 1.165) is 17.7 Å². The fraction of sp³-hybridized carbons (Fsp3) is 0.238. The Morgan fingerprint density at radius 3 is 2.47 bits per heavy atom. The molecule has 0 radical (unpaired) electrons. The van der Waals surface area contributed by atoms with Crippen LogP contribution in [0.3, 0.4) is 0 Å². The Hall–Kier alpha value is -3.89. The lowest BCUT2D eigenvalue weighted by Crippen LogP contribution is -2.40. The molecule has 11 heteroatoms. The van der Waals surface area contributed by atoms with E-state index in [1.54, 1.807) is 50.6 Å². The normalized spacial score (nSPS) is 14.8. The van der Waals surface area contributed by atoms with Crippen molar-refractivity contribution in [1.29, 1.82) is 0 Å². The number of hydrogen-bond donors (Lipinski definition) is 1. The van der Waals surface area contributed by atoms with Crippen LogP contribution in [-0.2, 0) is 17.9 Å². The van der Waals surface area contributed by atoms with Gasteiger partial charge in [-0.25, -0.2) is 18.2 Å². The summed E-state index contributed by atoms with van der Waals surface area (Å²) in [5.41, 5.74) is 2.15. The smallest absolute Gasteiger partial charge is 0.274 e. The summed E-state index contributed by atoms with van der Waals surface area (Å²) < 4.78 is 41.4. The number of allylic oxidation sites excluding steroid dienone is 1. The summed E-state index contributed by atoms with van der Waals surface area (Å²) in [6.45, 7) is 2.22. The van der Waals surface area contributed by atoms with Crippen LogP contribution in [-0.4, -0.2) is 39.8 Å². The quantitative estimate of drug-likeness (QED) is 0.482. The Kier molecular flexibility index (Phi) is 5.56. The average molecular weight is 443 g/mol. The number of hydrogen-bond acceptors (Lipinski definition) is 6. The minimum Gasteiger partial charge on any atom is -0.350 e. The lowest BCUT2D eigenvalue weighted by atomic mass is 10.2. The van der Waals surface area contributed by atoms with Crippen molar-refractivity contribution < 1.29 is 18.0 Å². The summed E-state index contributed by atoms with van der Waals surface area (Å²) >= 11 is 0. The minimum atomic E-state index is -1.49. The molecule has 0 atom stereocenters. The maximum absolute atomic E-state index is 13.4. The van der Waals surface area contributed by atoms with E-state index in [-0.39, 0.29) is 18.0 Å². The van der Waals surface area contributed by atoms with Crippen LogP contribution < -0.4 is 15.1 Å². The van der Waals surface area contributed by atoms with Crippen LogP contribution in [0.2, 0.25) is 0 Å². The Bertz CT molecular complexity index is 1200. The van der Waals surface area contributed by atoms with Gasteiger partial charge in [0, 0.05) is 32.4 Å². The summed E-state index contributed by atoms with van der Waals surface area (Å²) in [4.78, 5) is 24.4. The number of anilines is 3. The third-order valence-electron chi connectivity index (χ3n) is 5.11. The molecule has 3 heterocycles. The van der Waals surface area contributed by atoms with E-state index >= 15 is 0 Å². The molecule has 0 saturated heterocycles. The fourth-order valence-corrected chi connectivity index (χ4v) is 3.44. The molecule has 0 fully saturated rings. The van der Waals surface area contributed by atoms with E-state index in [1.807, 2.05) is 0 Å². The highest BCUT2D eigenvalue weighted by molar-refractivity contribution is 6.12. The van der Waals surface area contributed by atoms with Gasteiger partial charge in [-0.3, -0.25) is 9.48 Å². The summed E-state index contributed by atoms with van der Waals surface area (Å²) in [5.74, 6) is -3.15. The number of rotatable bonds is 5. The molecule has 0 aliphatic carbocycles. The minimum absolute atomic E-state index is 0.0841. The summed E-state index contributed by atoms with van der Waals surface area (Å²) in [7, 11) is 3.43. The number of nitrogens with one attached hydrogen (secondary N) is 1. The number of halogens is 3. The number of carbonyl (C=O) groups is 1. The van der Waals surface area contributed by atoms with Crippen LogP contribution in [0.1, 0.15) is 18.1 Å². The molecule has 8 nitrogen and oxygen atoms in total. The zero-order valence-electron chi connectivity index (χ0n) is 17.6. The van der Waals surface area contributed by atoms with Crippen molar-refractivity contribution in [2.24, 2.45) is 0 Å². The molecule has 3 aromatic rings. The predicted octanol–water partition coefficient (Wildman–Crippen LogP) is 3.07. The van der Waals surface area contributed by atoms with Crippen LogP contribution in [0.4, 0.5) is 30.6 Å². The molecule has 0 bridgehead atoms.